The lowest BCUT2D eigenvalue weighted by atomic mass is 10.0. The van der Waals surface area contributed by atoms with Crippen LogP contribution in [0.1, 0.15) is 11.7 Å². The first kappa shape index (κ1) is 13.3. The summed E-state index contributed by atoms with van der Waals surface area (Å²) in [5, 5.41) is 18.8. The van der Waals surface area contributed by atoms with E-state index in [1.807, 2.05) is 0 Å². The summed E-state index contributed by atoms with van der Waals surface area (Å²) in [4.78, 5) is 10.9. The SMILES string of the molecule is COC(=O)C(O)C(O)c1c(N)ccc(F)c1F. The molecular weight excluding hydrogens is 236 g/mol. The zero-order valence-corrected chi connectivity index (χ0v) is 8.85. The summed E-state index contributed by atoms with van der Waals surface area (Å²) in [7, 11) is 0.976. The van der Waals surface area contributed by atoms with Crippen molar-refractivity contribution < 1.29 is 28.5 Å². The molecule has 0 aromatic heterocycles. The molecule has 0 aliphatic heterocycles. The van der Waals surface area contributed by atoms with Gasteiger partial charge in [-0.15, -0.1) is 0 Å². The lowest BCUT2D eigenvalue weighted by Crippen LogP contribution is -2.30. The number of aliphatic hydroxyl groups is 2. The van der Waals surface area contributed by atoms with E-state index in [9.17, 15) is 23.8 Å². The number of carbonyl (C=O) groups is 1. The molecule has 0 radical (unpaired) electrons. The van der Waals surface area contributed by atoms with E-state index in [2.05, 4.69) is 4.74 Å². The minimum atomic E-state index is -2.04. The Morgan fingerprint density at radius 3 is 2.53 bits per heavy atom. The minimum Gasteiger partial charge on any atom is -0.467 e. The Labute approximate surface area is 95.4 Å². The molecule has 4 N–H and O–H groups in total. The van der Waals surface area contributed by atoms with Gasteiger partial charge in [0.25, 0.3) is 0 Å². The topological polar surface area (TPSA) is 92.8 Å². The molecule has 1 aromatic carbocycles. The molecule has 2 unspecified atom stereocenters. The van der Waals surface area contributed by atoms with Gasteiger partial charge in [-0.1, -0.05) is 0 Å². The predicted molar refractivity (Wildman–Crippen MR) is 53.8 cm³/mol. The van der Waals surface area contributed by atoms with Crippen molar-refractivity contribution in [1.82, 2.24) is 0 Å². The van der Waals surface area contributed by atoms with Crippen LogP contribution in [0.3, 0.4) is 0 Å². The highest BCUT2D eigenvalue weighted by Crippen LogP contribution is 2.28. The molecule has 0 bridgehead atoms. The fraction of sp³-hybridized carbons (Fsp3) is 0.300. The smallest absolute Gasteiger partial charge is 0.337 e. The number of esters is 1. The van der Waals surface area contributed by atoms with Crippen molar-refractivity contribution in [2.75, 3.05) is 12.8 Å². The van der Waals surface area contributed by atoms with Crippen LogP contribution in [0.2, 0.25) is 0 Å². The molecular formula is C10H11F2NO4. The maximum atomic E-state index is 13.4. The van der Waals surface area contributed by atoms with Gasteiger partial charge in [0, 0.05) is 11.3 Å². The fourth-order valence-corrected chi connectivity index (χ4v) is 1.29. The molecule has 0 spiro atoms. The van der Waals surface area contributed by atoms with Gasteiger partial charge in [0.1, 0.15) is 6.10 Å². The Kier molecular flexibility index (Phi) is 3.97. The maximum Gasteiger partial charge on any atom is 0.337 e. The van der Waals surface area contributed by atoms with Gasteiger partial charge in [0.2, 0.25) is 0 Å². The number of hydrogen-bond donors (Lipinski definition) is 3. The summed E-state index contributed by atoms with van der Waals surface area (Å²) < 4.78 is 30.4. The Hall–Kier alpha value is -1.73. The summed E-state index contributed by atoms with van der Waals surface area (Å²) in [6.07, 6.45) is -4.04. The van der Waals surface area contributed by atoms with E-state index in [1.54, 1.807) is 0 Å². The van der Waals surface area contributed by atoms with Gasteiger partial charge < -0.3 is 20.7 Å². The number of nitrogen functional groups attached to an aromatic ring is 1. The zero-order valence-electron chi connectivity index (χ0n) is 8.85. The number of nitrogens with two attached hydrogens (primary N) is 1. The molecule has 1 rings (SSSR count). The van der Waals surface area contributed by atoms with Crippen LogP contribution < -0.4 is 5.73 Å². The van der Waals surface area contributed by atoms with Gasteiger partial charge >= 0.3 is 5.97 Å². The van der Waals surface area contributed by atoms with Gasteiger partial charge in [-0.05, 0) is 12.1 Å². The molecule has 1 aromatic rings. The summed E-state index contributed by atoms with van der Waals surface area (Å²) in [5.74, 6) is -3.84. The molecule has 7 heteroatoms. The number of benzene rings is 1. The van der Waals surface area contributed by atoms with E-state index in [4.69, 9.17) is 5.73 Å². The van der Waals surface area contributed by atoms with Gasteiger partial charge in [0.15, 0.2) is 17.7 Å². The van der Waals surface area contributed by atoms with Crippen LogP contribution in [-0.2, 0) is 9.53 Å². The summed E-state index contributed by atoms with van der Waals surface area (Å²) in [6, 6.07) is 1.78. The second kappa shape index (κ2) is 5.07. The average Bonchev–Trinajstić information content (AvgIpc) is 2.32. The van der Waals surface area contributed by atoms with Crippen LogP contribution in [-0.4, -0.2) is 29.4 Å². The van der Waals surface area contributed by atoms with Gasteiger partial charge in [-0.3, -0.25) is 0 Å². The monoisotopic (exact) mass is 247 g/mol. The van der Waals surface area contributed by atoms with Crippen molar-refractivity contribution >= 4 is 11.7 Å². The number of carbonyl (C=O) groups excluding carboxylic acids is 1. The molecule has 0 saturated heterocycles. The van der Waals surface area contributed by atoms with Gasteiger partial charge in [-0.25, -0.2) is 13.6 Å². The van der Waals surface area contributed by atoms with Crippen LogP contribution in [0.4, 0.5) is 14.5 Å². The van der Waals surface area contributed by atoms with Crippen LogP contribution in [0, 0.1) is 11.6 Å². The van der Waals surface area contributed by atoms with Gasteiger partial charge in [-0.2, -0.15) is 0 Å². The van der Waals surface area contributed by atoms with E-state index in [0.29, 0.717) is 0 Å². The van der Waals surface area contributed by atoms with Crippen molar-refractivity contribution in [3.63, 3.8) is 0 Å². The Bertz CT molecular complexity index is 439. The number of anilines is 1. The number of methoxy groups -OCH3 is 1. The molecule has 0 heterocycles. The predicted octanol–water partition coefficient (Wildman–Crippen LogP) is 0.114. The van der Waals surface area contributed by atoms with Crippen LogP contribution in [0.5, 0.6) is 0 Å². The van der Waals surface area contributed by atoms with Gasteiger partial charge in [0.05, 0.1) is 7.11 Å². The lowest BCUT2D eigenvalue weighted by Gasteiger charge is -2.18. The number of halogens is 2. The molecule has 0 aliphatic carbocycles. The fourth-order valence-electron chi connectivity index (χ4n) is 1.29. The first-order chi connectivity index (χ1) is 7.90. The van der Waals surface area contributed by atoms with Crippen LogP contribution in [0.25, 0.3) is 0 Å². The van der Waals surface area contributed by atoms with E-state index in [-0.39, 0.29) is 5.69 Å². The number of aliphatic hydroxyl groups excluding tert-OH is 2. The first-order valence-corrected chi connectivity index (χ1v) is 4.57. The molecule has 2 atom stereocenters. The molecule has 0 aliphatic rings. The van der Waals surface area contributed by atoms with Crippen molar-refractivity contribution in [1.29, 1.82) is 0 Å². The molecule has 5 nitrogen and oxygen atoms in total. The van der Waals surface area contributed by atoms with Crippen LogP contribution >= 0.6 is 0 Å². The average molecular weight is 247 g/mol. The van der Waals surface area contributed by atoms with E-state index in [0.717, 1.165) is 19.2 Å². The molecule has 17 heavy (non-hydrogen) atoms. The molecule has 94 valence electrons. The van der Waals surface area contributed by atoms with E-state index in [1.165, 1.54) is 0 Å². The van der Waals surface area contributed by atoms with Crippen molar-refractivity contribution in [2.24, 2.45) is 0 Å². The standard InChI is InChI=1S/C10H11F2NO4/c1-17-10(16)9(15)8(14)6-5(13)3-2-4(11)7(6)12/h2-3,8-9,14-15H,13H2,1H3. The maximum absolute atomic E-state index is 13.4. The number of rotatable bonds is 3. The molecule has 0 saturated carbocycles. The molecule has 0 amide bonds. The van der Waals surface area contributed by atoms with Crippen LogP contribution in [0.15, 0.2) is 12.1 Å². The second-order valence-corrected chi connectivity index (χ2v) is 3.28. The number of hydrogen-bond acceptors (Lipinski definition) is 5. The minimum absolute atomic E-state index is 0.278. The zero-order chi connectivity index (χ0) is 13.2. The van der Waals surface area contributed by atoms with Crippen molar-refractivity contribution in [3.8, 4) is 0 Å². The number of ether oxygens (including phenoxy) is 1. The van der Waals surface area contributed by atoms with Crippen molar-refractivity contribution in [2.45, 2.75) is 12.2 Å². The van der Waals surface area contributed by atoms with Crippen molar-refractivity contribution in [3.05, 3.63) is 29.3 Å². The lowest BCUT2D eigenvalue weighted by molar-refractivity contribution is -0.156. The third-order valence-corrected chi connectivity index (χ3v) is 2.20. The highest BCUT2D eigenvalue weighted by atomic mass is 19.2. The Morgan fingerprint density at radius 2 is 2.00 bits per heavy atom. The molecule has 0 fully saturated rings. The summed E-state index contributed by atoms with van der Waals surface area (Å²) >= 11 is 0. The summed E-state index contributed by atoms with van der Waals surface area (Å²) in [6.45, 7) is 0. The van der Waals surface area contributed by atoms with E-state index >= 15 is 0 Å². The quantitative estimate of drug-likeness (QED) is 0.521. The first-order valence-electron chi connectivity index (χ1n) is 4.57. The normalized spacial score (nSPS) is 14.2. The second-order valence-electron chi connectivity index (χ2n) is 3.28. The highest BCUT2D eigenvalue weighted by molar-refractivity contribution is 5.75. The third-order valence-electron chi connectivity index (χ3n) is 2.20. The Morgan fingerprint density at radius 1 is 1.41 bits per heavy atom. The van der Waals surface area contributed by atoms with E-state index < -0.39 is 35.4 Å². The summed E-state index contributed by atoms with van der Waals surface area (Å²) in [5.41, 5.74) is 4.38. The third kappa shape index (κ3) is 2.51. The largest absolute Gasteiger partial charge is 0.467 e. The Balaban J connectivity index is 3.16. The highest BCUT2D eigenvalue weighted by Gasteiger charge is 2.31.